The molecule has 0 aromatic heterocycles. The Kier molecular flexibility index (Phi) is 10.8. The Morgan fingerprint density at radius 1 is 1.19 bits per heavy atom. The van der Waals surface area contributed by atoms with Crippen molar-refractivity contribution in [2.75, 3.05) is 67.1 Å². The highest BCUT2D eigenvalue weighted by molar-refractivity contribution is 7.89. The van der Waals surface area contributed by atoms with Crippen LogP contribution in [0.2, 0.25) is 0 Å². The molecule has 2 atom stereocenters. The lowest BCUT2D eigenvalue weighted by molar-refractivity contribution is -0.137. The predicted octanol–water partition coefficient (Wildman–Crippen LogP) is 2.44. The smallest absolute Gasteiger partial charge is 0.248 e. The maximum Gasteiger partial charge on any atom is 0.248 e. The molecule has 0 unspecified atom stereocenters. The monoisotopic (exact) mass is 538 g/mol. The molecule has 1 aliphatic carbocycles. The number of aryl methyl sites for hydroxylation is 1. The van der Waals surface area contributed by atoms with Crippen LogP contribution in [-0.4, -0.2) is 108 Å². The highest BCUT2D eigenvalue weighted by atomic mass is 32.2. The van der Waals surface area contributed by atoms with Crippen LogP contribution < -0.4 is 9.46 Å². The molecule has 1 saturated heterocycles. The van der Waals surface area contributed by atoms with Gasteiger partial charge in [0, 0.05) is 51.9 Å². The second kappa shape index (κ2) is 13.4. The van der Waals surface area contributed by atoms with Gasteiger partial charge in [0.1, 0.15) is 12.4 Å². The molecule has 1 aromatic carbocycles. The van der Waals surface area contributed by atoms with Crippen molar-refractivity contribution >= 4 is 15.9 Å². The summed E-state index contributed by atoms with van der Waals surface area (Å²) in [5.41, 5.74) is 1.35. The summed E-state index contributed by atoms with van der Waals surface area (Å²) in [6, 6.07) is 4.26. The molecule has 1 N–H and O–H groups in total. The minimum Gasteiger partial charge on any atom is -0.497 e. The minimum absolute atomic E-state index is 0.0143. The van der Waals surface area contributed by atoms with Gasteiger partial charge in [-0.05, 0) is 68.8 Å². The van der Waals surface area contributed by atoms with Crippen molar-refractivity contribution < 1.29 is 22.7 Å². The molecule has 1 amide bonds. The SMILES string of the molecule is COc1cc(C)c(S(=O)(=O)NCCOCC(=O)N(C)[C@@H]2CCC[C@H](N3CCN(C)CC3)C2)c(C(C)C)c1. The standard InChI is InChI=1S/C27H46N4O5S/c1-20(2)25-18-24(35-6)16-21(3)27(25)37(33,34)28-10-15-36-19-26(32)30(5)22-8-7-9-23(17-22)31-13-11-29(4)12-14-31/h16,18,20,22-23,28H,7-15,17,19H2,1-6H3/t22-,23+/m1/s1. The Morgan fingerprint density at radius 3 is 2.54 bits per heavy atom. The van der Waals surface area contributed by atoms with Crippen LogP contribution in [-0.2, 0) is 19.6 Å². The second-order valence-corrected chi connectivity index (χ2v) is 12.5. The first-order valence-corrected chi connectivity index (χ1v) is 15.0. The van der Waals surface area contributed by atoms with Crippen LogP contribution in [0.15, 0.2) is 17.0 Å². The number of ether oxygens (including phenoxy) is 2. The summed E-state index contributed by atoms with van der Waals surface area (Å²) in [6.45, 7) is 10.3. The van der Waals surface area contributed by atoms with E-state index in [9.17, 15) is 13.2 Å². The number of hydrogen-bond acceptors (Lipinski definition) is 7. The number of carbonyl (C=O) groups excluding carboxylic acids is 1. The number of nitrogens with one attached hydrogen (secondary N) is 1. The Labute approximate surface area is 223 Å². The lowest BCUT2D eigenvalue weighted by Gasteiger charge is -2.43. The summed E-state index contributed by atoms with van der Waals surface area (Å²) in [5, 5.41) is 0. The fourth-order valence-electron chi connectivity index (χ4n) is 5.48. The molecule has 2 aliphatic rings. The van der Waals surface area contributed by atoms with Crippen molar-refractivity contribution in [1.29, 1.82) is 0 Å². The van der Waals surface area contributed by atoms with Crippen LogP contribution in [0.5, 0.6) is 5.75 Å². The number of likely N-dealkylation sites (N-methyl/N-ethyl adjacent to an activating group) is 2. The van der Waals surface area contributed by atoms with Crippen LogP contribution >= 0.6 is 0 Å². The van der Waals surface area contributed by atoms with E-state index in [1.54, 1.807) is 26.2 Å². The summed E-state index contributed by atoms with van der Waals surface area (Å²) >= 11 is 0. The zero-order chi connectivity index (χ0) is 27.2. The number of piperazine rings is 1. The molecule has 37 heavy (non-hydrogen) atoms. The first kappa shape index (κ1) is 29.8. The molecule has 0 bridgehead atoms. The number of rotatable bonds is 11. The van der Waals surface area contributed by atoms with Crippen LogP contribution in [0.1, 0.15) is 56.6 Å². The normalized spacial score (nSPS) is 21.8. The maximum absolute atomic E-state index is 13.1. The molecular formula is C27H46N4O5S. The number of carbonyl (C=O) groups is 1. The number of sulfonamides is 1. The molecule has 1 heterocycles. The van der Waals surface area contributed by atoms with E-state index in [-0.39, 0.29) is 42.5 Å². The number of amides is 1. The molecular weight excluding hydrogens is 492 g/mol. The third-order valence-electron chi connectivity index (χ3n) is 7.78. The van der Waals surface area contributed by atoms with Gasteiger partial charge in [0.2, 0.25) is 15.9 Å². The Hall–Kier alpha value is -1.72. The third-order valence-corrected chi connectivity index (χ3v) is 9.46. The summed E-state index contributed by atoms with van der Waals surface area (Å²) in [7, 11) is 1.87. The highest BCUT2D eigenvalue weighted by Crippen LogP contribution is 2.31. The average Bonchev–Trinajstić information content (AvgIpc) is 2.87. The van der Waals surface area contributed by atoms with Crippen LogP contribution in [0.25, 0.3) is 0 Å². The number of hydrogen-bond donors (Lipinski definition) is 1. The number of nitrogens with zero attached hydrogens (tertiary/aromatic N) is 3. The number of benzene rings is 1. The molecule has 2 fully saturated rings. The lowest BCUT2D eigenvalue weighted by Crippen LogP contribution is -2.52. The van der Waals surface area contributed by atoms with Crippen molar-refractivity contribution in [1.82, 2.24) is 19.4 Å². The van der Waals surface area contributed by atoms with Crippen LogP contribution in [0.4, 0.5) is 0 Å². The van der Waals surface area contributed by atoms with E-state index >= 15 is 0 Å². The van der Waals surface area contributed by atoms with Gasteiger partial charge < -0.3 is 19.3 Å². The largest absolute Gasteiger partial charge is 0.497 e. The lowest BCUT2D eigenvalue weighted by atomic mass is 9.88. The summed E-state index contributed by atoms with van der Waals surface area (Å²) in [6.07, 6.45) is 4.35. The van der Waals surface area contributed by atoms with Gasteiger partial charge in [0.25, 0.3) is 0 Å². The summed E-state index contributed by atoms with van der Waals surface area (Å²) in [4.78, 5) is 19.9. The topological polar surface area (TPSA) is 91.4 Å². The molecule has 0 spiro atoms. The second-order valence-electron chi connectivity index (χ2n) is 10.8. The maximum atomic E-state index is 13.1. The Balaban J connectivity index is 1.46. The molecule has 1 aromatic rings. The first-order valence-electron chi connectivity index (χ1n) is 13.5. The van der Waals surface area contributed by atoms with Gasteiger partial charge in [-0.2, -0.15) is 0 Å². The van der Waals surface area contributed by atoms with E-state index in [0.717, 1.165) is 45.4 Å². The van der Waals surface area contributed by atoms with E-state index in [4.69, 9.17) is 9.47 Å². The van der Waals surface area contributed by atoms with Gasteiger partial charge >= 0.3 is 0 Å². The van der Waals surface area contributed by atoms with Crippen molar-refractivity contribution in [3.05, 3.63) is 23.3 Å². The molecule has 0 radical (unpaired) electrons. The molecule has 9 nitrogen and oxygen atoms in total. The fourth-order valence-corrected chi connectivity index (χ4v) is 7.06. The van der Waals surface area contributed by atoms with Crippen LogP contribution in [0.3, 0.4) is 0 Å². The summed E-state index contributed by atoms with van der Waals surface area (Å²) in [5.74, 6) is 0.597. The van der Waals surface area contributed by atoms with E-state index in [0.29, 0.717) is 22.9 Å². The van der Waals surface area contributed by atoms with Gasteiger partial charge in [0.05, 0.1) is 18.6 Å². The summed E-state index contributed by atoms with van der Waals surface area (Å²) < 4.78 is 39.7. The van der Waals surface area contributed by atoms with Gasteiger partial charge in [-0.1, -0.05) is 13.8 Å². The minimum atomic E-state index is -3.73. The third kappa shape index (κ3) is 7.89. The average molecular weight is 539 g/mol. The highest BCUT2D eigenvalue weighted by Gasteiger charge is 2.31. The van der Waals surface area contributed by atoms with Crippen molar-refractivity contribution in [3.8, 4) is 5.75 Å². The van der Waals surface area contributed by atoms with Crippen LogP contribution in [0, 0.1) is 6.92 Å². The molecule has 3 rings (SSSR count). The van der Waals surface area contributed by atoms with E-state index in [1.807, 2.05) is 25.8 Å². The van der Waals surface area contributed by atoms with E-state index < -0.39 is 10.0 Å². The van der Waals surface area contributed by atoms with Gasteiger partial charge in [0.15, 0.2) is 0 Å². The van der Waals surface area contributed by atoms with Gasteiger partial charge in [-0.25, -0.2) is 13.1 Å². The molecule has 1 saturated carbocycles. The van der Waals surface area contributed by atoms with E-state index in [2.05, 4.69) is 21.6 Å². The van der Waals surface area contributed by atoms with E-state index in [1.165, 1.54) is 6.42 Å². The Morgan fingerprint density at radius 2 is 1.89 bits per heavy atom. The first-order chi connectivity index (χ1) is 17.5. The molecule has 1 aliphatic heterocycles. The van der Waals surface area contributed by atoms with Crippen molar-refractivity contribution in [2.45, 2.75) is 69.4 Å². The molecule has 10 heteroatoms. The van der Waals surface area contributed by atoms with Gasteiger partial charge in [-0.3, -0.25) is 9.69 Å². The fraction of sp³-hybridized carbons (Fsp3) is 0.741. The predicted molar refractivity (Wildman–Crippen MR) is 146 cm³/mol. The molecule has 210 valence electrons. The van der Waals surface area contributed by atoms with Crippen molar-refractivity contribution in [3.63, 3.8) is 0 Å². The zero-order valence-electron chi connectivity index (χ0n) is 23.5. The van der Waals surface area contributed by atoms with Crippen molar-refractivity contribution in [2.24, 2.45) is 0 Å². The zero-order valence-corrected chi connectivity index (χ0v) is 24.3. The Bertz CT molecular complexity index is 1010. The van der Waals surface area contributed by atoms with Gasteiger partial charge in [-0.15, -0.1) is 0 Å². The number of methoxy groups -OCH3 is 1. The quantitative estimate of drug-likeness (QED) is 0.433.